The minimum absolute atomic E-state index is 0.188. The molecule has 2 heterocycles. The molecule has 0 unspecified atom stereocenters. The van der Waals surface area contributed by atoms with E-state index >= 15 is 0 Å². The molecule has 0 aromatic heterocycles. The Morgan fingerprint density at radius 1 is 0.833 bits per heavy atom. The molecule has 0 saturated heterocycles. The van der Waals surface area contributed by atoms with Crippen LogP contribution in [0.2, 0.25) is 0 Å². The number of hydrogen-bond acceptors (Lipinski definition) is 6. The SMILES string of the molecule is CC1(C)N=C(/C=C/C2=NC(C)(C)C(=O)O2)OC1=O. The van der Waals surface area contributed by atoms with Crippen molar-refractivity contribution in [2.75, 3.05) is 0 Å². The third kappa shape index (κ3) is 2.18. The summed E-state index contributed by atoms with van der Waals surface area (Å²) < 4.78 is 9.89. The van der Waals surface area contributed by atoms with E-state index in [1.54, 1.807) is 27.7 Å². The monoisotopic (exact) mass is 250 g/mol. The minimum Gasteiger partial charge on any atom is -0.406 e. The summed E-state index contributed by atoms with van der Waals surface area (Å²) in [4.78, 5) is 30.9. The number of carbonyl (C=O) groups is 2. The highest BCUT2D eigenvalue weighted by molar-refractivity contribution is 6.09. The summed E-state index contributed by atoms with van der Waals surface area (Å²) in [5.74, 6) is -0.442. The zero-order chi connectivity index (χ0) is 13.6. The highest BCUT2D eigenvalue weighted by atomic mass is 16.6. The number of nitrogens with zero attached hydrogens (tertiary/aromatic N) is 2. The Balaban J connectivity index is 2.11. The number of hydrogen-bond donors (Lipinski definition) is 0. The van der Waals surface area contributed by atoms with Crippen LogP contribution in [0.3, 0.4) is 0 Å². The van der Waals surface area contributed by atoms with Gasteiger partial charge < -0.3 is 9.47 Å². The van der Waals surface area contributed by atoms with E-state index in [0.717, 1.165) is 0 Å². The van der Waals surface area contributed by atoms with Crippen LogP contribution in [0.5, 0.6) is 0 Å². The number of rotatable bonds is 2. The van der Waals surface area contributed by atoms with Crippen molar-refractivity contribution < 1.29 is 19.1 Å². The van der Waals surface area contributed by atoms with Crippen molar-refractivity contribution in [3.63, 3.8) is 0 Å². The van der Waals surface area contributed by atoms with Crippen LogP contribution in [0.25, 0.3) is 0 Å². The summed E-state index contributed by atoms with van der Waals surface area (Å²) in [6.07, 6.45) is 2.92. The molecule has 0 bridgehead atoms. The van der Waals surface area contributed by atoms with Gasteiger partial charge in [0, 0.05) is 12.2 Å². The van der Waals surface area contributed by atoms with Gasteiger partial charge in [-0.05, 0) is 27.7 Å². The van der Waals surface area contributed by atoms with Gasteiger partial charge >= 0.3 is 11.9 Å². The van der Waals surface area contributed by atoms with Gasteiger partial charge in [0.15, 0.2) is 11.1 Å². The highest BCUT2D eigenvalue weighted by Crippen LogP contribution is 2.21. The van der Waals surface area contributed by atoms with Crippen molar-refractivity contribution in [2.24, 2.45) is 9.98 Å². The third-order valence-corrected chi connectivity index (χ3v) is 2.54. The fourth-order valence-electron chi connectivity index (χ4n) is 1.41. The van der Waals surface area contributed by atoms with Crippen molar-refractivity contribution in [3.05, 3.63) is 12.2 Å². The normalized spacial score (nSPS) is 24.9. The summed E-state index contributed by atoms with van der Waals surface area (Å²) in [6, 6.07) is 0. The molecule has 6 nitrogen and oxygen atoms in total. The number of carbonyl (C=O) groups excluding carboxylic acids is 2. The lowest BCUT2D eigenvalue weighted by Crippen LogP contribution is -2.25. The molecule has 0 aromatic carbocycles. The first-order valence-corrected chi connectivity index (χ1v) is 5.53. The number of ether oxygens (including phenoxy) is 2. The molecule has 0 radical (unpaired) electrons. The first-order chi connectivity index (χ1) is 8.21. The highest BCUT2D eigenvalue weighted by Gasteiger charge is 2.37. The van der Waals surface area contributed by atoms with Crippen LogP contribution in [0.15, 0.2) is 22.1 Å². The topological polar surface area (TPSA) is 77.3 Å². The average molecular weight is 250 g/mol. The number of cyclic esters (lactones) is 2. The van der Waals surface area contributed by atoms with Gasteiger partial charge in [-0.3, -0.25) is 0 Å². The maximum atomic E-state index is 11.4. The second-order valence-electron chi connectivity index (χ2n) is 5.13. The van der Waals surface area contributed by atoms with E-state index in [0.29, 0.717) is 0 Å². The quantitative estimate of drug-likeness (QED) is 0.685. The molecule has 0 aliphatic carbocycles. The van der Waals surface area contributed by atoms with E-state index in [2.05, 4.69) is 9.98 Å². The molecule has 0 aromatic rings. The van der Waals surface area contributed by atoms with Crippen molar-refractivity contribution in [3.8, 4) is 0 Å². The lowest BCUT2D eigenvalue weighted by Gasteiger charge is -2.05. The van der Waals surface area contributed by atoms with Crippen molar-refractivity contribution >= 4 is 23.7 Å². The zero-order valence-electron chi connectivity index (χ0n) is 10.7. The zero-order valence-corrected chi connectivity index (χ0v) is 10.7. The average Bonchev–Trinajstić information content (AvgIpc) is 2.62. The standard InChI is InChI=1S/C12H14N2O4/c1-11(2)9(15)17-7(13-11)5-6-8-14-12(3,4)10(16)18-8/h5-6H,1-4H3/b6-5+. The fourth-order valence-corrected chi connectivity index (χ4v) is 1.41. The van der Waals surface area contributed by atoms with Crippen molar-refractivity contribution in [2.45, 2.75) is 38.8 Å². The molecule has 0 N–H and O–H groups in total. The Labute approximate surface area is 104 Å². The predicted molar refractivity (Wildman–Crippen MR) is 64.4 cm³/mol. The van der Waals surface area contributed by atoms with Gasteiger partial charge in [0.25, 0.3) is 0 Å². The molecule has 6 heteroatoms. The molecule has 0 spiro atoms. The van der Waals surface area contributed by atoms with Gasteiger partial charge in [0.1, 0.15) is 0 Å². The van der Waals surface area contributed by atoms with Crippen LogP contribution in [-0.4, -0.2) is 34.8 Å². The Bertz CT molecular complexity index is 466. The first kappa shape index (κ1) is 12.5. The summed E-state index contributed by atoms with van der Waals surface area (Å²) in [7, 11) is 0. The molecule has 96 valence electrons. The molecule has 2 rings (SSSR count). The molecule has 0 saturated carbocycles. The summed E-state index contributed by atoms with van der Waals surface area (Å²) >= 11 is 0. The molecular weight excluding hydrogens is 236 g/mol. The summed E-state index contributed by atoms with van der Waals surface area (Å²) in [6.45, 7) is 6.64. The van der Waals surface area contributed by atoms with E-state index in [-0.39, 0.29) is 11.8 Å². The van der Waals surface area contributed by atoms with E-state index in [1.807, 2.05) is 0 Å². The lowest BCUT2D eigenvalue weighted by molar-refractivity contribution is -0.138. The smallest absolute Gasteiger partial charge is 0.340 e. The molecule has 0 atom stereocenters. The van der Waals surface area contributed by atoms with E-state index in [9.17, 15) is 9.59 Å². The van der Waals surface area contributed by atoms with Crippen molar-refractivity contribution in [1.29, 1.82) is 0 Å². The van der Waals surface area contributed by atoms with Crippen LogP contribution >= 0.6 is 0 Å². The van der Waals surface area contributed by atoms with E-state index in [4.69, 9.17) is 9.47 Å². The van der Waals surface area contributed by atoms with Gasteiger partial charge in [-0.2, -0.15) is 0 Å². The predicted octanol–water partition coefficient (Wildman–Crippen LogP) is 1.01. The van der Waals surface area contributed by atoms with Crippen LogP contribution < -0.4 is 0 Å². The molecule has 2 aliphatic rings. The van der Waals surface area contributed by atoms with Crippen LogP contribution in [0, 0.1) is 0 Å². The Hall–Kier alpha value is -1.98. The van der Waals surface area contributed by atoms with Gasteiger partial charge in [0.05, 0.1) is 0 Å². The molecule has 2 aliphatic heterocycles. The van der Waals surface area contributed by atoms with Gasteiger partial charge in [-0.25, -0.2) is 19.6 Å². The van der Waals surface area contributed by atoms with Crippen LogP contribution in [0.4, 0.5) is 0 Å². The van der Waals surface area contributed by atoms with Gasteiger partial charge in [-0.15, -0.1) is 0 Å². The molecule has 0 amide bonds. The molecular formula is C12H14N2O4. The number of aliphatic imine (C=N–C) groups is 2. The van der Waals surface area contributed by atoms with E-state index < -0.39 is 23.0 Å². The largest absolute Gasteiger partial charge is 0.406 e. The summed E-state index contributed by atoms with van der Waals surface area (Å²) in [5.41, 5.74) is -1.74. The van der Waals surface area contributed by atoms with E-state index in [1.165, 1.54) is 12.2 Å². The number of esters is 2. The van der Waals surface area contributed by atoms with Crippen LogP contribution in [-0.2, 0) is 19.1 Å². The van der Waals surface area contributed by atoms with Crippen molar-refractivity contribution in [1.82, 2.24) is 0 Å². The first-order valence-electron chi connectivity index (χ1n) is 5.53. The summed E-state index contributed by atoms with van der Waals surface area (Å²) in [5, 5.41) is 0. The molecule has 18 heavy (non-hydrogen) atoms. The van der Waals surface area contributed by atoms with Gasteiger partial charge in [0.2, 0.25) is 11.8 Å². The second-order valence-corrected chi connectivity index (χ2v) is 5.13. The Morgan fingerprint density at radius 2 is 1.17 bits per heavy atom. The molecule has 0 fully saturated rings. The Morgan fingerprint density at radius 3 is 1.39 bits per heavy atom. The Kier molecular flexibility index (Phi) is 2.61. The van der Waals surface area contributed by atoms with Gasteiger partial charge in [-0.1, -0.05) is 0 Å². The fraction of sp³-hybridized carbons (Fsp3) is 0.500. The minimum atomic E-state index is -0.868. The van der Waals surface area contributed by atoms with Crippen LogP contribution in [0.1, 0.15) is 27.7 Å². The maximum Gasteiger partial charge on any atom is 0.340 e. The third-order valence-electron chi connectivity index (χ3n) is 2.54. The maximum absolute atomic E-state index is 11.4. The second kappa shape index (κ2) is 3.76. The lowest BCUT2D eigenvalue weighted by atomic mass is 10.1.